The van der Waals surface area contributed by atoms with Crippen LogP contribution in [0.2, 0.25) is 0 Å². The minimum atomic E-state index is -3.56. The second kappa shape index (κ2) is 5.00. The van der Waals surface area contributed by atoms with Crippen molar-refractivity contribution in [1.82, 2.24) is 24.9 Å². The number of aromatic nitrogens is 4. The van der Waals surface area contributed by atoms with E-state index in [0.717, 1.165) is 11.3 Å². The average Bonchev–Trinajstić information content (AvgIpc) is 2.88. The zero-order valence-electron chi connectivity index (χ0n) is 9.54. The van der Waals surface area contributed by atoms with Crippen LogP contribution in [0.15, 0.2) is 10.5 Å². The molecular weight excluding hydrogens is 276 g/mol. The van der Waals surface area contributed by atoms with Gasteiger partial charge in [-0.25, -0.2) is 23.1 Å². The summed E-state index contributed by atoms with van der Waals surface area (Å²) in [7, 11) is -3.56. The van der Waals surface area contributed by atoms with E-state index in [4.69, 9.17) is 5.73 Å². The third-order valence-electron chi connectivity index (χ3n) is 2.13. The topological polar surface area (TPSA) is 127 Å². The van der Waals surface area contributed by atoms with Gasteiger partial charge in [0.25, 0.3) is 10.0 Å². The predicted octanol–water partition coefficient (Wildman–Crippen LogP) is -0.327. The summed E-state index contributed by atoms with van der Waals surface area (Å²) in [5, 5.41) is 6.57. The molecular formula is C8H12N6O2S2. The molecule has 0 radical (unpaired) electrons. The van der Waals surface area contributed by atoms with Crippen molar-refractivity contribution >= 4 is 26.5 Å². The number of nitrogens with zero attached hydrogens (tertiary/aromatic N) is 3. The normalized spacial score (nSPS) is 11.8. The zero-order chi connectivity index (χ0) is 13.2. The van der Waals surface area contributed by atoms with Crippen LogP contribution in [0.1, 0.15) is 11.5 Å². The highest BCUT2D eigenvalue weighted by molar-refractivity contribution is 7.91. The van der Waals surface area contributed by atoms with Gasteiger partial charge in [0.2, 0.25) is 0 Å². The third kappa shape index (κ3) is 2.83. The van der Waals surface area contributed by atoms with Crippen LogP contribution in [0.3, 0.4) is 0 Å². The molecule has 8 nitrogen and oxygen atoms in total. The van der Waals surface area contributed by atoms with Crippen molar-refractivity contribution in [2.75, 3.05) is 12.3 Å². The molecule has 2 rings (SSSR count). The zero-order valence-corrected chi connectivity index (χ0v) is 11.2. The van der Waals surface area contributed by atoms with Crippen molar-refractivity contribution in [3.63, 3.8) is 0 Å². The number of nitrogens with one attached hydrogen (secondary N) is 2. The fourth-order valence-corrected chi connectivity index (χ4v) is 3.75. The number of nitrogen functional groups attached to an aromatic ring is 1. The number of rotatable bonds is 5. The van der Waals surface area contributed by atoms with E-state index < -0.39 is 10.0 Å². The fraction of sp³-hybridized carbons (Fsp3) is 0.375. The number of thiazole rings is 1. The number of hydrogen-bond acceptors (Lipinski definition) is 7. The largest absolute Gasteiger partial charge is 0.375 e. The fourth-order valence-electron chi connectivity index (χ4n) is 1.37. The Morgan fingerprint density at radius 2 is 2.33 bits per heavy atom. The monoisotopic (exact) mass is 288 g/mol. The Kier molecular flexibility index (Phi) is 3.59. The molecule has 0 atom stereocenters. The van der Waals surface area contributed by atoms with Gasteiger partial charge >= 0.3 is 0 Å². The standard InChI is InChI=1S/C8H12N6O2S2/c1-5-7(17-8(9)13-5)18(15,16)12-3-2-6-10-4-11-14-6/h4,12H,2-3H2,1H3,(H2,9,13)(H,10,11,14). The second-order valence-corrected chi connectivity index (χ2v) is 6.50. The number of hydrogen-bond donors (Lipinski definition) is 3. The molecule has 0 bridgehead atoms. The van der Waals surface area contributed by atoms with Crippen molar-refractivity contribution in [1.29, 1.82) is 0 Å². The third-order valence-corrected chi connectivity index (χ3v) is 5.19. The Labute approximate surface area is 108 Å². The van der Waals surface area contributed by atoms with Crippen molar-refractivity contribution in [2.24, 2.45) is 0 Å². The van der Waals surface area contributed by atoms with Gasteiger partial charge in [-0.15, -0.1) is 0 Å². The van der Waals surface area contributed by atoms with Gasteiger partial charge in [0.05, 0.1) is 5.69 Å². The molecule has 0 unspecified atom stereocenters. The minimum absolute atomic E-state index is 0.151. The van der Waals surface area contributed by atoms with E-state index >= 15 is 0 Å². The van der Waals surface area contributed by atoms with Gasteiger partial charge in [-0.2, -0.15) is 5.10 Å². The molecule has 0 spiro atoms. The van der Waals surface area contributed by atoms with Crippen molar-refractivity contribution in [3.8, 4) is 0 Å². The molecule has 0 aliphatic carbocycles. The highest BCUT2D eigenvalue weighted by Gasteiger charge is 2.20. The van der Waals surface area contributed by atoms with Crippen LogP contribution in [0.25, 0.3) is 0 Å². The van der Waals surface area contributed by atoms with Gasteiger partial charge in [-0.1, -0.05) is 11.3 Å². The summed E-state index contributed by atoms with van der Waals surface area (Å²) in [6, 6.07) is 0. The van der Waals surface area contributed by atoms with Crippen molar-refractivity contribution in [2.45, 2.75) is 17.6 Å². The van der Waals surface area contributed by atoms with E-state index in [1.54, 1.807) is 6.92 Å². The lowest BCUT2D eigenvalue weighted by atomic mass is 10.4. The van der Waals surface area contributed by atoms with Crippen LogP contribution in [0.4, 0.5) is 5.13 Å². The first kappa shape index (κ1) is 12.9. The molecule has 0 fully saturated rings. The summed E-state index contributed by atoms with van der Waals surface area (Å²) < 4.78 is 26.5. The van der Waals surface area contributed by atoms with E-state index in [-0.39, 0.29) is 15.9 Å². The molecule has 2 heterocycles. The van der Waals surface area contributed by atoms with Crippen LogP contribution in [0, 0.1) is 6.92 Å². The van der Waals surface area contributed by atoms with Crippen LogP contribution >= 0.6 is 11.3 Å². The number of sulfonamides is 1. The van der Waals surface area contributed by atoms with Gasteiger partial charge in [-0.05, 0) is 6.92 Å². The highest BCUT2D eigenvalue weighted by Crippen LogP contribution is 2.24. The number of nitrogens with two attached hydrogens (primary N) is 1. The van der Waals surface area contributed by atoms with E-state index in [9.17, 15) is 8.42 Å². The summed E-state index contributed by atoms with van der Waals surface area (Å²) in [4.78, 5) is 7.78. The molecule has 0 saturated carbocycles. The number of aryl methyl sites for hydroxylation is 1. The smallest absolute Gasteiger partial charge is 0.252 e. The van der Waals surface area contributed by atoms with E-state index in [0.29, 0.717) is 17.9 Å². The van der Waals surface area contributed by atoms with E-state index in [1.807, 2.05) is 0 Å². The Morgan fingerprint density at radius 3 is 2.89 bits per heavy atom. The average molecular weight is 288 g/mol. The first-order chi connectivity index (χ1) is 8.49. The van der Waals surface area contributed by atoms with Crippen LogP contribution < -0.4 is 10.5 Å². The van der Waals surface area contributed by atoms with Gasteiger partial charge in [0.15, 0.2) is 9.34 Å². The molecule has 2 aromatic rings. The molecule has 0 aliphatic rings. The Morgan fingerprint density at radius 1 is 1.56 bits per heavy atom. The first-order valence-corrected chi connectivity index (χ1v) is 7.36. The van der Waals surface area contributed by atoms with Gasteiger partial charge in [-0.3, -0.25) is 5.10 Å². The molecule has 0 saturated heterocycles. The summed E-state index contributed by atoms with van der Waals surface area (Å²) in [6.45, 7) is 1.84. The molecule has 18 heavy (non-hydrogen) atoms. The summed E-state index contributed by atoms with van der Waals surface area (Å²) in [5.41, 5.74) is 5.88. The van der Waals surface area contributed by atoms with Crippen LogP contribution in [0.5, 0.6) is 0 Å². The number of aromatic amines is 1. The maximum absolute atomic E-state index is 12.0. The maximum atomic E-state index is 12.0. The quantitative estimate of drug-likeness (QED) is 0.691. The number of anilines is 1. The van der Waals surface area contributed by atoms with Gasteiger partial charge in [0.1, 0.15) is 12.2 Å². The van der Waals surface area contributed by atoms with Crippen molar-refractivity contribution in [3.05, 3.63) is 17.8 Å². The Hall–Kier alpha value is -1.52. The first-order valence-electron chi connectivity index (χ1n) is 5.06. The van der Waals surface area contributed by atoms with Gasteiger partial charge in [0, 0.05) is 13.0 Å². The van der Waals surface area contributed by atoms with Crippen molar-refractivity contribution < 1.29 is 8.42 Å². The predicted molar refractivity (Wildman–Crippen MR) is 66.5 cm³/mol. The molecule has 4 N–H and O–H groups in total. The molecule has 0 amide bonds. The summed E-state index contributed by atoms with van der Waals surface area (Å²) in [6.07, 6.45) is 1.81. The van der Waals surface area contributed by atoms with Crippen LogP contribution in [-0.2, 0) is 16.4 Å². The lowest BCUT2D eigenvalue weighted by molar-refractivity contribution is 0.582. The number of H-pyrrole nitrogens is 1. The van der Waals surface area contributed by atoms with E-state index in [2.05, 4.69) is 24.9 Å². The molecule has 0 aliphatic heterocycles. The highest BCUT2D eigenvalue weighted by atomic mass is 32.2. The molecule has 0 aromatic carbocycles. The minimum Gasteiger partial charge on any atom is -0.375 e. The molecule has 10 heteroatoms. The lowest BCUT2D eigenvalue weighted by Gasteiger charge is -2.03. The lowest BCUT2D eigenvalue weighted by Crippen LogP contribution is -2.26. The van der Waals surface area contributed by atoms with Crippen LogP contribution in [-0.4, -0.2) is 35.1 Å². The Bertz CT molecular complexity index is 618. The Balaban J connectivity index is 2.02. The second-order valence-electron chi connectivity index (χ2n) is 3.50. The molecule has 98 valence electrons. The summed E-state index contributed by atoms with van der Waals surface area (Å²) in [5.74, 6) is 0.623. The van der Waals surface area contributed by atoms with Gasteiger partial charge < -0.3 is 5.73 Å². The maximum Gasteiger partial charge on any atom is 0.252 e. The molecule has 2 aromatic heterocycles. The SMILES string of the molecule is Cc1nc(N)sc1S(=O)(=O)NCCc1ncn[nH]1. The summed E-state index contributed by atoms with van der Waals surface area (Å²) >= 11 is 0.950. The van der Waals surface area contributed by atoms with E-state index in [1.165, 1.54) is 6.33 Å².